The predicted molar refractivity (Wildman–Crippen MR) is 101 cm³/mol. The number of fused-ring (bicyclic) bond motifs is 3. The zero-order chi connectivity index (χ0) is 20.4. The van der Waals surface area contributed by atoms with Crippen molar-refractivity contribution in [1.82, 2.24) is 9.88 Å². The van der Waals surface area contributed by atoms with Crippen LogP contribution in [0.5, 0.6) is 5.75 Å². The Hall–Kier alpha value is -2.96. The monoisotopic (exact) mass is 403 g/mol. The van der Waals surface area contributed by atoms with Gasteiger partial charge >= 0.3 is 0 Å². The molecule has 1 aliphatic heterocycles. The summed E-state index contributed by atoms with van der Waals surface area (Å²) in [5.41, 5.74) is 6.27. The number of carbonyl (C=O) groups is 2. The molecular formula is C19H18FN3O4S. The van der Waals surface area contributed by atoms with Crippen molar-refractivity contribution < 1.29 is 23.8 Å². The summed E-state index contributed by atoms with van der Waals surface area (Å²) in [5.74, 6) is 3.31. The van der Waals surface area contributed by atoms with E-state index in [4.69, 9.17) is 10.5 Å². The van der Waals surface area contributed by atoms with Crippen LogP contribution in [0.4, 0.5) is 4.39 Å². The molecule has 0 spiro atoms. The SMILES string of the molecule is CCN(C)C(=O)C(O)C#Cc1cc2c(cc1F)OCCc1sc(C(N)=O)nc1-2. The van der Waals surface area contributed by atoms with E-state index in [1.165, 1.54) is 35.4 Å². The molecule has 3 rings (SSSR count). The Morgan fingerprint density at radius 1 is 1.50 bits per heavy atom. The Morgan fingerprint density at radius 2 is 2.25 bits per heavy atom. The number of aliphatic hydroxyl groups is 1. The van der Waals surface area contributed by atoms with Crippen LogP contribution in [0.3, 0.4) is 0 Å². The molecule has 2 heterocycles. The lowest BCUT2D eigenvalue weighted by Crippen LogP contribution is -2.35. The van der Waals surface area contributed by atoms with Gasteiger partial charge in [-0.15, -0.1) is 11.3 Å². The zero-order valence-corrected chi connectivity index (χ0v) is 16.1. The number of aromatic nitrogens is 1. The predicted octanol–water partition coefficient (Wildman–Crippen LogP) is 1.17. The van der Waals surface area contributed by atoms with Gasteiger partial charge in [0.1, 0.15) is 11.6 Å². The first-order valence-corrected chi connectivity index (χ1v) is 9.34. The Morgan fingerprint density at radius 3 is 2.93 bits per heavy atom. The molecule has 7 nitrogen and oxygen atoms in total. The van der Waals surface area contributed by atoms with Crippen LogP contribution in [0.1, 0.15) is 27.2 Å². The van der Waals surface area contributed by atoms with E-state index < -0.39 is 23.7 Å². The van der Waals surface area contributed by atoms with Crippen molar-refractivity contribution in [3.63, 3.8) is 0 Å². The van der Waals surface area contributed by atoms with E-state index in [9.17, 15) is 19.1 Å². The maximum absolute atomic E-state index is 14.4. The van der Waals surface area contributed by atoms with Crippen LogP contribution in [0, 0.1) is 17.7 Å². The summed E-state index contributed by atoms with van der Waals surface area (Å²) in [6.45, 7) is 2.48. The highest BCUT2D eigenvalue weighted by Crippen LogP contribution is 2.38. The van der Waals surface area contributed by atoms with Gasteiger partial charge in [-0.1, -0.05) is 11.8 Å². The molecule has 3 N–H and O–H groups in total. The number of primary amides is 1. The number of hydrogen-bond acceptors (Lipinski definition) is 6. The Labute approximate surface area is 164 Å². The normalized spacial score (nSPS) is 13.1. The van der Waals surface area contributed by atoms with Crippen molar-refractivity contribution in [2.45, 2.75) is 19.4 Å². The van der Waals surface area contributed by atoms with E-state index in [2.05, 4.69) is 16.8 Å². The quantitative estimate of drug-likeness (QED) is 0.749. The minimum Gasteiger partial charge on any atom is -0.492 e. The number of nitrogens with zero attached hydrogens (tertiary/aromatic N) is 2. The van der Waals surface area contributed by atoms with Gasteiger partial charge in [-0.05, 0) is 13.0 Å². The molecule has 146 valence electrons. The molecule has 1 unspecified atom stereocenters. The molecule has 0 bridgehead atoms. The summed E-state index contributed by atoms with van der Waals surface area (Å²) >= 11 is 1.17. The summed E-state index contributed by atoms with van der Waals surface area (Å²) in [6, 6.07) is 2.62. The molecule has 2 aromatic rings. The van der Waals surface area contributed by atoms with Crippen molar-refractivity contribution >= 4 is 23.2 Å². The number of nitrogens with two attached hydrogens (primary N) is 1. The van der Waals surface area contributed by atoms with E-state index >= 15 is 0 Å². The summed E-state index contributed by atoms with van der Waals surface area (Å²) < 4.78 is 20.0. The Balaban J connectivity index is 2.02. The van der Waals surface area contributed by atoms with Gasteiger partial charge in [-0.3, -0.25) is 9.59 Å². The lowest BCUT2D eigenvalue weighted by molar-refractivity contribution is -0.135. The van der Waals surface area contributed by atoms with E-state index in [-0.39, 0.29) is 16.3 Å². The summed E-state index contributed by atoms with van der Waals surface area (Å²) in [6.07, 6.45) is -1.05. The highest BCUT2D eigenvalue weighted by Gasteiger charge is 2.24. The molecule has 1 aliphatic rings. The standard InChI is InChI=1S/C19H18FN3O4S/c1-3-23(2)19(26)13(24)5-4-10-8-11-14(9-12(10)20)27-7-6-15-16(11)22-18(28-15)17(21)25/h8-9,13,24H,3,6-7H2,1-2H3,(H2,21,25). The largest absolute Gasteiger partial charge is 0.492 e. The third-order valence-corrected chi connectivity index (χ3v) is 5.38. The molecule has 28 heavy (non-hydrogen) atoms. The average Bonchev–Trinajstić information content (AvgIpc) is 3.03. The fraction of sp³-hybridized carbons (Fsp3) is 0.316. The first-order valence-electron chi connectivity index (χ1n) is 8.52. The van der Waals surface area contributed by atoms with Gasteiger partial charge in [0.25, 0.3) is 11.8 Å². The molecule has 0 saturated carbocycles. The van der Waals surface area contributed by atoms with Gasteiger partial charge in [0.05, 0.1) is 17.9 Å². The fourth-order valence-corrected chi connectivity index (χ4v) is 3.53. The van der Waals surface area contributed by atoms with E-state index in [0.717, 1.165) is 4.88 Å². The van der Waals surface area contributed by atoms with Crippen LogP contribution in [-0.2, 0) is 11.2 Å². The molecule has 1 aromatic carbocycles. The number of carbonyl (C=O) groups excluding carboxylic acids is 2. The first kappa shape index (κ1) is 19.8. The van der Waals surface area contributed by atoms with Crippen molar-refractivity contribution in [1.29, 1.82) is 0 Å². The number of thiazole rings is 1. The van der Waals surface area contributed by atoms with Gasteiger partial charge in [0.15, 0.2) is 11.1 Å². The summed E-state index contributed by atoms with van der Waals surface area (Å²) in [7, 11) is 1.54. The second kappa shape index (κ2) is 7.96. The number of hydrogen-bond donors (Lipinski definition) is 2. The third-order valence-electron chi connectivity index (χ3n) is 4.25. The lowest BCUT2D eigenvalue weighted by atomic mass is 10.0. The van der Waals surface area contributed by atoms with Crippen molar-refractivity contribution in [3.8, 4) is 28.8 Å². The maximum Gasteiger partial charge on any atom is 0.277 e. The van der Waals surface area contributed by atoms with Crippen LogP contribution < -0.4 is 10.5 Å². The maximum atomic E-state index is 14.4. The van der Waals surface area contributed by atoms with Crippen LogP contribution >= 0.6 is 11.3 Å². The highest BCUT2D eigenvalue weighted by molar-refractivity contribution is 7.14. The van der Waals surface area contributed by atoms with E-state index in [0.29, 0.717) is 30.8 Å². The number of ether oxygens (including phenoxy) is 1. The lowest BCUT2D eigenvalue weighted by Gasteiger charge is -2.15. The van der Waals surface area contributed by atoms with Gasteiger partial charge in [-0.25, -0.2) is 9.37 Å². The minimum absolute atomic E-state index is 0.0187. The van der Waals surface area contributed by atoms with Crippen molar-refractivity contribution in [2.24, 2.45) is 5.73 Å². The first-order chi connectivity index (χ1) is 13.3. The second-order valence-electron chi connectivity index (χ2n) is 6.11. The van der Waals surface area contributed by atoms with Crippen molar-refractivity contribution in [3.05, 3.63) is 33.4 Å². The molecule has 1 atom stereocenters. The number of aliphatic hydroxyl groups excluding tert-OH is 1. The number of benzene rings is 1. The topological polar surface area (TPSA) is 106 Å². The third kappa shape index (κ3) is 3.83. The van der Waals surface area contributed by atoms with Gasteiger partial charge in [0, 0.05) is 36.5 Å². The second-order valence-corrected chi connectivity index (χ2v) is 7.19. The number of amides is 2. The summed E-state index contributed by atoms with van der Waals surface area (Å²) in [4.78, 5) is 29.7. The molecule has 1 aromatic heterocycles. The molecule has 0 radical (unpaired) electrons. The van der Waals surface area contributed by atoms with Crippen LogP contribution in [0.15, 0.2) is 12.1 Å². The molecule has 0 saturated heterocycles. The van der Waals surface area contributed by atoms with Gasteiger partial charge in [0.2, 0.25) is 0 Å². The smallest absolute Gasteiger partial charge is 0.277 e. The number of likely N-dealkylation sites (N-methyl/N-ethyl adjacent to an activating group) is 1. The minimum atomic E-state index is -1.56. The average molecular weight is 403 g/mol. The Kier molecular flexibility index (Phi) is 5.63. The van der Waals surface area contributed by atoms with E-state index in [1.807, 2.05) is 0 Å². The van der Waals surface area contributed by atoms with Crippen LogP contribution in [0.2, 0.25) is 0 Å². The van der Waals surface area contributed by atoms with Crippen molar-refractivity contribution in [2.75, 3.05) is 20.2 Å². The molecule has 0 aliphatic carbocycles. The van der Waals surface area contributed by atoms with Gasteiger partial charge < -0.3 is 20.5 Å². The molecular weight excluding hydrogens is 385 g/mol. The van der Waals surface area contributed by atoms with Crippen LogP contribution in [0.25, 0.3) is 11.3 Å². The van der Waals surface area contributed by atoms with Crippen LogP contribution in [-0.4, -0.2) is 53.1 Å². The fourth-order valence-electron chi connectivity index (χ4n) is 2.62. The Bertz CT molecular complexity index is 1010. The summed E-state index contributed by atoms with van der Waals surface area (Å²) in [5, 5.41) is 10.1. The molecule has 0 fully saturated rings. The zero-order valence-electron chi connectivity index (χ0n) is 15.3. The number of halogens is 1. The molecule has 2 amide bonds. The van der Waals surface area contributed by atoms with E-state index in [1.54, 1.807) is 6.92 Å². The number of rotatable bonds is 3. The highest BCUT2D eigenvalue weighted by atomic mass is 32.1. The molecule has 9 heteroatoms. The van der Waals surface area contributed by atoms with Gasteiger partial charge in [-0.2, -0.15) is 0 Å².